The molecule has 116 valence electrons. The number of aryl methyl sites for hydroxylation is 2. The summed E-state index contributed by atoms with van der Waals surface area (Å²) < 4.78 is 1.98. The van der Waals surface area contributed by atoms with Crippen LogP contribution in [-0.2, 0) is 7.05 Å². The van der Waals surface area contributed by atoms with Crippen molar-refractivity contribution >= 4 is 0 Å². The van der Waals surface area contributed by atoms with Gasteiger partial charge in [-0.15, -0.1) is 0 Å². The number of nitrogens with zero attached hydrogens (tertiary/aromatic N) is 2. The first-order valence-corrected chi connectivity index (χ1v) is 8.69. The van der Waals surface area contributed by atoms with E-state index in [1.54, 1.807) is 0 Å². The van der Waals surface area contributed by atoms with Crippen LogP contribution in [0, 0.1) is 6.92 Å². The molecule has 0 bridgehead atoms. The third-order valence-electron chi connectivity index (χ3n) is 4.30. The van der Waals surface area contributed by atoms with E-state index in [-0.39, 0.29) is 0 Å². The molecule has 0 aromatic carbocycles. The lowest BCUT2D eigenvalue weighted by atomic mass is 9.88. The van der Waals surface area contributed by atoms with Gasteiger partial charge < -0.3 is 0 Å². The maximum atomic E-state index is 4.54. The molecule has 2 nitrogen and oxygen atoms in total. The largest absolute Gasteiger partial charge is 0.275 e. The van der Waals surface area contributed by atoms with Crippen LogP contribution in [0.2, 0.25) is 0 Å². The molecule has 0 radical (unpaired) electrons. The van der Waals surface area contributed by atoms with Gasteiger partial charge in [-0.05, 0) is 31.2 Å². The molecule has 1 aromatic heterocycles. The monoisotopic (exact) mass is 278 g/mol. The summed E-state index contributed by atoms with van der Waals surface area (Å²) in [5.41, 5.74) is 2.74. The topological polar surface area (TPSA) is 17.8 Å². The zero-order valence-corrected chi connectivity index (χ0v) is 14.1. The second-order valence-corrected chi connectivity index (χ2v) is 6.24. The van der Waals surface area contributed by atoms with E-state index in [1.807, 2.05) is 11.7 Å². The highest BCUT2D eigenvalue weighted by Crippen LogP contribution is 2.30. The SMILES string of the molecule is CCCCCCC(CCCCCC)c1cn(C)nc1C. The average molecular weight is 278 g/mol. The van der Waals surface area contributed by atoms with Gasteiger partial charge in [-0.1, -0.05) is 65.2 Å². The normalized spacial score (nSPS) is 11.4. The number of unbranched alkanes of at least 4 members (excludes halogenated alkanes) is 6. The molecule has 0 aliphatic heterocycles. The Morgan fingerprint density at radius 2 is 1.50 bits per heavy atom. The smallest absolute Gasteiger partial charge is 0.0628 e. The minimum Gasteiger partial charge on any atom is -0.275 e. The Morgan fingerprint density at radius 3 is 1.90 bits per heavy atom. The molecular formula is C18H34N2. The first-order chi connectivity index (χ1) is 9.69. The average Bonchev–Trinajstić information content (AvgIpc) is 2.76. The van der Waals surface area contributed by atoms with E-state index in [1.165, 1.54) is 75.5 Å². The van der Waals surface area contributed by atoms with Crippen molar-refractivity contribution in [2.24, 2.45) is 7.05 Å². The summed E-state index contributed by atoms with van der Waals surface area (Å²) in [5.74, 6) is 0.734. The van der Waals surface area contributed by atoms with Gasteiger partial charge in [0.2, 0.25) is 0 Å². The molecule has 0 aliphatic carbocycles. The van der Waals surface area contributed by atoms with E-state index < -0.39 is 0 Å². The standard InChI is InChI=1S/C18H34N2/c1-5-7-9-11-13-17(14-12-10-8-6-2)18-15-20(4)19-16(18)3/h15,17H,5-14H2,1-4H3. The first-order valence-electron chi connectivity index (χ1n) is 8.69. The Bertz CT molecular complexity index is 342. The van der Waals surface area contributed by atoms with E-state index in [2.05, 4.69) is 32.1 Å². The van der Waals surface area contributed by atoms with Crippen LogP contribution in [-0.4, -0.2) is 9.78 Å². The quantitative estimate of drug-likeness (QED) is 0.471. The van der Waals surface area contributed by atoms with Crippen molar-refractivity contribution in [2.45, 2.75) is 90.9 Å². The van der Waals surface area contributed by atoms with Gasteiger partial charge in [0.15, 0.2) is 0 Å². The fourth-order valence-electron chi connectivity index (χ4n) is 3.11. The van der Waals surface area contributed by atoms with Crippen LogP contribution in [0.5, 0.6) is 0 Å². The van der Waals surface area contributed by atoms with Gasteiger partial charge in [0.1, 0.15) is 0 Å². The summed E-state index contributed by atoms with van der Waals surface area (Å²) in [6.45, 7) is 6.74. The van der Waals surface area contributed by atoms with Gasteiger partial charge in [-0.25, -0.2) is 0 Å². The van der Waals surface area contributed by atoms with Gasteiger partial charge in [0.05, 0.1) is 5.69 Å². The predicted octanol–water partition coefficient (Wildman–Crippen LogP) is 5.75. The van der Waals surface area contributed by atoms with Gasteiger partial charge >= 0.3 is 0 Å². The molecule has 0 amide bonds. The van der Waals surface area contributed by atoms with Crippen LogP contribution in [0.4, 0.5) is 0 Å². The maximum absolute atomic E-state index is 4.54. The molecule has 0 spiro atoms. The summed E-state index contributed by atoms with van der Waals surface area (Å²) in [5, 5.41) is 4.54. The molecule has 0 saturated heterocycles. The fraction of sp³-hybridized carbons (Fsp3) is 0.833. The second kappa shape index (κ2) is 10.0. The van der Waals surface area contributed by atoms with E-state index in [0.717, 1.165) is 5.92 Å². The van der Waals surface area contributed by atoms with Crippen molar-refractivity contribution in [3.63, 3.8) is 0 Å². The van der Waals surface area contributed by atoms with Crippen LogP contribution in [0.25, 0.3) is 0 Å². The minimum absolute atomic E-state index is 0.734. The number of hydrogen-bond donors (Lipinski definition) is 0. The molecule has 0 atom stereocenters. The highest BCUT2D eigenvalue weighted by molar-refractivity contribution is 5.20. The lowest BCUT2D eigenvalue weighted by molar-refractivity contribution is 0.495. The molecule has 0 unspecified atom stereocenters. The molecule has 1 heterocycles. The minimum atomic E-state index is 0.734. The van der Waals surface area contributed by atoms with E-state index in [4.69, 9.17) is 0 Å². The van der Waals surface area contributed by atoms with Crippen LogP contribution in [0.1, 0.15) is 95.2 Å². The van der Waals surface area contributed by atoms with Crippen molar-refractivity contribution in [1.29, 1.82) is 0 Å². The molecule has 0 saturated carbocycles. The summed E-state index contributed by atoms with van der Waals surface area (Å²) in [6.07, 6.45) is 15.9. The Labute approximate surface area is 126 Å². The van der Waals surface area contributed by atoms with E-state index in [0.29, 0.717) is 0 Å². The molecule has 1 rings (SSSR count). The second-order valence-electron chi connectivity index (χ2n) is 6.24. The highest BCUT2D eigenvalue weighted by atomic mass is 15.2. The summed E-state index contributed by atoms with van der Waals surface area (Å²) in [7, 11) is 2.04. The van der Waals surface area contributed by atoms with Crippen molar-refractivity contribution in [2.75, 3.05) is 0 Å². The van der Waals surface area contributed by atoms with E-state index in [9.17, 15) is 0 Å². The number of aromatic nitrogens is 2. The van der Waals surface area contributed by atoms with Crippen LogP contribution < -0.4 is 0 Å². The molecule has 0 aliphatic rings. The maximum Gasteiger partial charge on any atom is 0.0628 e. The summed E-state index contributed by atoms with van der Waals surface area (Å²) in [4.78, 5) is 0. The molecule has 0 N–H and O–H groups in total. The van der Waals surface area contributed by atoms with Crippen molar-refractivity contribution in [3.8, 4) is 0 Å². The van der Waals surface area contributed by atoms with Crippen molar-refractivity contribution in [3.05, 3.63) is 17.5 Å². The molecule has 0 fully saturated rings. The molecular weight excluding hydrogens is 244 g/mol. The Balaban J connectivity index is 2.51. The Hall–Kier alpha value is -0.790. The van der Waals surface area contributed by atoms with Gasteiger partial charge in [0.25, 0.3) is 0 Å². The third-order valence-corrected chi connectivity index (χ3v) is 4.30. The first kappa shape index (κ1) is 17.3. The van der Waals surface area contributed by atoms with Crippen LogP contribution in [0.15, 0.2) is 6.20 Å². The lowest BCUT2D eigenvalue weighted by Crippen LogP contribution is -2.00. The lowest BCUT2D eigenvalue weighted by Gasteiger charge is -2.16. The fourth-order valence-corrected chi connectivity index (χ4v) is 3.11. The number of hydrogen-bond acceptors (Lipinski definition) is 1. The molecule has 2 heteroatoms. The zero-order chi connectivity index (χ0) is 14.8. The summed E-state index contributed by atoms with van der Waals surface area (Å²) >= 11 is 0. The van der Waals surface area contributed by atoms with Crippen molar-refractivity contribution < 1.29 is 0 Å². The van der Waals surface area contributed by atoms with Gasteiger partial charge in [-0.3, -0.25) is 4.68 Å². The third kappa shape index (κ3) is 6.11. The molecule has 20 heavy (non-hydrogen) atoms. The van der Waals surface area contributed by atoms with E-state index >= 15 is 0 Å². The Morgan fingerprint density at radius 1 is 0.950 bits per heavy atom. The van der Waals surface area contributed by atoms with Crippen molar-refractivity contribution in [1.82, 2.24) is 9.78 Å². The Kier molecular flexibility index (Phi) is 8.64. The zero-order valence-electron chi connectivity index (χ0n) is 14.1. The van der Waals surface area contributed by atoms with Gasteiger partial charge in [-0.2, -0.15) is 5.10 Å². The predicted molar refractivity (Wildman–Crippen MR) is 88.2 cm³/mol. The molecule has 1 aromatic rings. The highest BCUT2D eigenvalue weighted by Gasteiger charge is 2.16. The van der Waals surface area contributed by atoms with Crippen LogP contribution in [0.3, 0.4) is 0 Å². The summed E-state index contributed by atoms with van der Waals surface area (Å²) in [6, 6.07) is 0. The van der Waals surface area contributed by atoms with Gasteiger partial charge in [0, 0.05) is 13.2 Å². The number of rotatable bonds is 11. The van der Waals surface area contributed by atoms with Crippen LogP contribution >= 0.6 is 0 Å².